The van der Waals surface area contributed by atoms with E-state index in [9.17, 15) is 0 Å². The fourth-order valence-corrected chi connectivity index (χ4v) is 2.04. The molecule has 19 heavy (non-hydrogen) atoms. The van der Waals surface area contributed by atoms with E-state index in [0.29, 0.717) is 21.6 Å². The van der Waals surface area contributed by atoms with Crippen molar-refractivity contribution < 1.29 is 4.42 Å². The number of halogens is 2. The van der Waals surface area contributed by atoms with E-state index in [1.165, 1.54) is 6.08 Å². The van der Waals surface area contributed by atoms with Crippen molar-refractivity contribution in [3.8, 4) is 23.5 Å². The molecule has 0 aliphatic rings. The van der Waals surface area contributed by atoms with Gasteiger partial charge in [0.25, 0.3) is 0 Å². The summed E-state index contributed by atoms with van der Waals surface area (Å²) in [6, 6.07) is 12.0. The summed E-state index contributed by atoms with van der Waals surface area (Å²) >= 11 is 11.8. The van der Waals surface area contributed by atoms with Gasteiger partial charge in [-0.15, -0.1) is 0 Å². The van der Waals surface area contributed by atoms with Gasteiger partial charge in [0.1, 0.15) is 29.2 Å². The van der Waals surface area contributed by atoms with Gasteiger partial charge < -0.3 is 4.42 Å². The lowest BCUT2D eigenvalue weighted by atomic mass is 10.2. The Morgan fingerprint density at radius 2 is 1.68 bits per heavy atom. The van der Waals surface area contributed by atoms with Gasteiger partial charge >= 0.3 is 0 Å². The van der Waals surface area contributed by atoms with E-state index >= 15 is 0 Å². The van der Waals surface area contributed by atoms with Crippen LogP contribution in [0.2, 0.25) is 10.0 Å². The summed E-state index contributed by atoms with van der Waals surface area (Å²) in [4.78, 5) is 0. The molecule has 0 aliphatic heterocycles. The summed E-state index contributed by atoms with van der Waals surface area (Å²) in [7, 11) is 0. The van der Waals surface area contributed by atoms with Crippen LogP contribution in [0.1, 0.15) is 5.76 Å². The maximum absolute atomic E-state index is 8.67. The molecule has 0 saturated carbocycles. The van der Waals surface area contributed by atoms with Crippen molar-refractivity contribution in [2.75, 3.05) is 0 Å². The van der Waals surface area contributed by atoms with Crippen molar-refractivity contribution in [1.82, 2.24) is 0 Å². The topological polar surface area (TPSA) is 60.7 Å². The predicted octanol–water partition coefficient (Wildman–Crippen LogP) is 4.68. The fraction of sp³-hybridized carbons (Fsp3) is 0. The van der Waals surface area contributed by atoms with E-state index in [2.05, 4.69) is 0 Å². The zero-order valence-electron chi connectivity index (χ0n) is 9.52. The van der Waals surface area contributed by atoms with Gasteiger partial charge in [-0.2, -0.15) is 10.5 Å². The number of hydrogen-bond donors (Lipinski definition) is 0. The Balaban J connectivity index is 2.39. The Bertz CT molecular complexity index is 696. The Hall–Kier alpha value is -2.20. The summed E-state index contributed by atoms with van der Waals surface area (Å²) in [5.74, 6) is 0.982. The lowest BCUT2D eigenvalue weighted by Gasteiger charge is -1.99. The SMILES string of the molecule is N#CC(C#N)=Cc1ccc(-c2cc(Cl)cc(Cl)c2)o1. The van der Waals surface area contributed by atoms with E-state index < -0.39 is 0 Å². The molecule has 0 bridgehead atoms. The predicted molar refractivity (Wildman–Crippen MR) is 73.4 cm³/mol. The minimum Gasteiger partial charge on any atom is -0.457 e. The molecule has 1 heterocycles. The zero-order valence-corrected chi connectivity index (χ0v) is 11.0. The fourth-order valence-electron chi connectivity index (χ4n) is 1.51. The van der Waals surface area contributed by atoms with Crippen molar-refractivity contribution in [3.05, 3.63) is 51.7 Å². The Morgan fingerprint density at radius 1 is 1.05 bits per heavy atom. The van der Waals surface area contributed by atoms with Crippen molar-refractivity contribution in [3.63, 3.8) is 0 Å². The molecule has 1 aromatic heterocycles. The quantitative estimate of drug-likeness (QED) is 0.754. The third-order valence-electron chi connectivity index (χ3n) is 2.30. The first kappa shape index (κ1) is 13.2. The molecule has 0 amide bonds. The van der Waals surface area contributed by atoms with E-state index in [0.717, 1.165) is 5.56 Å². The van der Waals surface area contributed by atoms with Crippen molar-refractivity contribution in [1.29, 1.82) is 10.5 Å². The summed E-state index contributed by atoms with van der Waals surface area (Å²) in [6.07, 6.45) is 1.37. The van der Waals surface area contributed by atoms with Crippen molar-refractivity contribution in [2.24, 2.45) is 0 Å². The minimum absolute atomic E-state index is 0.0231. The van der Waals surface area contributed by atoms with E-state index in [-0.39, 0.29) is 5.57 Å². The van der Waals surface area contributed by atoms with Gasteiger partial charge in [0, 0.05) is 21.7 Å². The summed E-state index contributed by atoms with van der Waals surface area (Å²) < 4.78 is 5.52. The van der Waals surface area contributed by atoms with Crippen molar-refractivity contribution >= 4 is 29.3 Å². The molecule has 0 radical (unpaired) electrons. The van der Waals surface area contributed by atoms with Crippen LogP contribution >= 0.6 is 23.2 Å². The molecule has 0 spiro atoms. The van der Waals surface area contributed by atoms with Crippen LogP contribution in [0.15, 0.2) is 40.3 Å². The Morgan fingerprint density at radius 3 is 2.26 bits per heavy atom. The monoisotopic (exact) mass is 288 g/mol. The molecule has 2 rings (SSSR count). The van der Waals surface area contributed by atoms with Gasteiger partial charge in [0.2, 0.25) is 0 Å². The number of hydrogen-bond acceptors (Lipinski definition) is 3. The molecule has 5 heteroatoms. The minimum atomic E-state index is -0.0231. The lowest BCUT2D eigenvalue weighted by Crippen LogP contribution is -1.75. The highest BCUT2D eigenvalue weighted by Gasteiger charge is 2.06. The molecule has 2 aromatic rings. The summed E-state index contributed by atoms with van der Waals surface area (Å²) in [5, 5.41) is 18.3. The smallest absolute Gasteiger partial charge is 0.134 e. The highest BCUT2D eigenvalue weighted by Crippen LogP contribution is 2.29. The first-order chi connectivity index (χ1) is 9.12. The first-order valence-corrected chi connectivity index (χ1v) is 5.96. The maximum atomic E-state index is 8.67. The summed E-state index contributed by atoms with van der Waals surface area (Å²) in [5.41, 5.74) is 0.706. The van der Waals surface area contributed by atoms with E-state index in [1.807, 2.05) is 0 Å². The number of furan rings is 1. The molecule has 0 atom stereocenters. The highest BCUT2D eigenvalue weighted by atomic mass is 35.5. The number of nitrogens with zero attached hydrogens (tertiary/aromatic N) is 2. The first-order valence-electron chi connectivity index (χ1n) is 5.20. The number of nitriles is 2. The zero-order chi connectivity index (χ0) is 13.8. The second-order valence-electron chi connectivity index (χ2n) is 3.64. The number of allylic oxidation sites excluding steroid dienone is 1. The van der Waals surface area contributed by atoms with Gasteiger partial charge in [-0.05, 0) is 30.3 Å². The van der Waals surface area contributed by atoms with Crippen LogP contribution in [0.4, 0.5) is 0 Å². The number of rotatable bonds is 2. The van der Waals surface area contributed by atoms with Gasteiger partial charge in [0.05, 0.1) is 0 Å². The molecule has 0 N–H and O–H groups in total. The molecule has 0 unspecified atom stereocenters. The Kier molecular flexibility index (Phi) is 3.92. The van der Waals surface area contributed by atoms with Crippen LogP contribution < -0.4 is 0 Å². The average molecular weight is 289 g/mol. The average Bonchev–Trinajstić information content (AvgIpc) is 2.83. The third-order valence-corrected chi connectivity index (χ3v) is 2.74. The summed E-state index contributed by atoms with van der Waals surface area (Å²) in [6.45, 7) is 0. The van der Waals surface area contributed by atoms with Crippen LogP contribution in [-0.4, -0.2) is 0 Å². The second kappa shape index (κ2) is 5.63. The van der Waals surface area contributed by atoms with Crippen molar-refractivity contribution in [2.45, 2.75) is 0 Å². The van der Waals surface area contributed by atoms with Crippen LogP contribution in [0.3, 0.4) is 0 Å². The van der Waals surface area contributed by atoms with Gasteiger partial charge in [-0.1, -0.05) is 23.2 Å². The van der Waals surface area contributed by atoms with Crippen LogP contribution in [0, 0.1) is 22.7 Å². The normalized spacial score (nSPS) is 9.47. The molecule has 0 aliphatic carbocycles. The molecular weight excluding hydrogens is 283 g/mol. The van der Waals surface area contributed by atoms with Gasteiger partial charge in [-0.25, -0.2) is 0 Å². The largest absolute Gasteiger partial charge is 0.457 e. The second-order valence-corrected chi connectivity index (χ2v) is 4.51. The lowest BCUT2D eigenvalue weighted by molar-refractivity contribution is 0.571. The van der Waals surface area contributed by atoms with Gasteiger partial charge in [0.15, 0.2) is 0 Å². The molecule has 0 saturated heterocycles. The Labute approximate surface area is 119 Å². The molecule has 92 valence electrons. The molecule has 1 aromatic carbocycles. The van der Waals surface area contributed by atoms with Crippen LogP contribution in [0.5, 0.6) is 0 Å². The van der Waals surface area contributed by atoms with E-state index in [4.69, 9.17) is 38.1 Å². The molecule has 0 fully saturated rings. The van der Waals surface area contributed by atoms with Crippen LogP contribution in [0.25, 0.3) is 17.4 Å². The molecular formula is C14H6Cl2N2O. The standard InChI is InChI=1S/C14H6Cl2N2O/c15-11-4-10(5-12(16)6-11)14-2-1-13(19-14)3-9(7-17)8-18/h1-6H. The van der Waals surface area contributed by atoms with Gasteiger partial charge in [-0.3, -0.25) is 0 Å². The van der Waals surface area contributed by atoms with Crippen LogP contribution in [-0.2, 0) is 0 Å². The third kappa shape index (κ3) is 3.17. The molecule has 3 nitrogen and oxygen atoms in total. The van der Waals surface area contributed by atoms with E-state index in [1.54, 1.807) is 42.5 Å². The highest BCUT2D eigenvalue weighted by molar-refractivity contribution is 6.35. The number of benzene rings is 1. The maximum Gasteiger partial charge on any atom is 0.134 e.